The standard InChI is InChI=1S/C19H15F2NO/c1-13-2-4-19(5-3-13)23-12-14-6-16(11-22-10-14)15-7-17(20)9-18(21)8-15/h2-11H,12H2,1H3. The van der Waals surface area contributed by atoms with Crippen molar-refractivity contribution in [3.8, 4) is 16.9 Å². The molecular formula is C19H15F2NO. The van der Waals surface area contributed by atoms with Crippen LogP contribution in [0.5, 0.6) is 5.75 Å². The quantitative estimate of drug-likeness (QED) is 0.682. The average molecular weight is 311 g/mol. The second-order valence-corrected chi connectivity index (χ2v) is 5.34. The number of nitrogens with zero attached hydrogens (tertiary/aromatic N) is 1. The summed E-state index contributed by atoms with van der Waals surface area (Å²) >= 11 is 0. The van der Waals surface area contributed by atoms with Crippen LogP contribution in [0.1, 0.15) is 11.1 Å². The van der Waals surface area contributed by atoms with E-state index >= 15 is 0 Å². The van der Waals surface area contributed by atoms with Crippen LogP contribution in [0, 0.1) is 18.6 Å². The van der Waals surface area contributed by atoms with Crippen LogP contribution < -0.4 is 4.74 Å². The molecule has 0 aliphatic heterocycles. The summed E-state index contributed by atoms with van der Waals surface area (Å²) in [5, 5.41) is 0. The molecule has 4 heteroatoms. The first-order valence-electron chi connectivity index (χ1n) is 7.20. The van der Waals surface area contributed by atoms with Crippen LogP contribution in [0.25, 0.3) is 11.1 Å². The first-order valence-corrected chi connectivity index (χ1v) is 7.20. The fourth-order valence-electron chi connectivity index (χ4n) is 2.25. The third-order valence-corrected chi connectivity index (χ3v) is 3.42. The molecular weight excluding hydrogens is 296 g/mol. The van der Waals surface area contributed by atoms with Crippen LogP contribution >= 0.6 is 0 Å². The van der Waals surface area contributed by atoms with Gasteiger partial charge in [0, 0.05) is 29.6 Å². The van der Waals surface area contributed by atoms with Crippen molar-refractivity contribution in [2.75, 3.05) is 0 Å². The highest BCUT2D eigenvalue weighted by atomic mass is 19.1. The van der Waals surface area contributed by atoms with Gasteiger partial charge in [0.25, 0.3) is 0 Å². The first-order chi connectivity index (χ1) is 11.1. The molecule has 1 aromatic heterocycles. The third-order valence-electron chi connectivity index (χ3n) is 3.42. The Morgan fingerprint density at radius 1 is 0.870 bits per heavy atom. The maximum atomic E-state index is 13.3. The number of hydrogen-bond donors (Lipinski definition) is 0. The van der Waals surface area contributed by atoms with Crippen molar-refractivity contribution in [1.29, 1.82) is 0 Å². The Morgan fingerprint density at radius 2 is 1.57 bits per heavy atom. The van der Waals surface area contributed by atoms with E-state index in [9.17, 15) is 8.78 Å². The van der Waals surface area contributed by atoms with Gasteiger partial charge in [0.05, 0.1) is 0 Å². The number of ether oxygens (including phenoxy) is 1. The highest BCUT2D eigenvalue weighted by Gasteiger charge is 2.05. The Hall–Kier alpha value is -2.75. The van der Waals surface area contributed by atoms with E-state index in [1.165, 1.54) is 12.1 Å². The highest BCUT2D eigenvalue weighted by Crippen LogP contribution is 2.22. The minimum atomic E-state index is -0.610. The number of aromatic nitrogens is 1. The van der Waals surface area contributed by atoms with Crippen LogP contribution in [-0.2, 0) is 6.61 Å². The molecule has 3 rings (SSSR count). The van der Waals surface area contributed by atoms with Gasteiger partial charge in [0.2, 0.25) is 0 Å². The molecule has 0 bridgehead atoms. The van der Waals surface area contributed by atoms with E-state index in [4.69, 9.17) is 4.74 Å². The predicted octanol–water partition coefficient (Wildman–Crippen LogP) is 4.91. The van der Waals surface area contributed by atoms with Crippen molar-refractivity contribution >= 4 is 0 Å². The molecule has 0 spiro atoms. The lowest BCUT2D eigenvalue weighted by molar-refractivity contribution is 0.306. The largest absolute Gasteiger partial charge is 0.489 e. The number of benzene rings is 2. The van der Waals surface area contributed by atoms with E-state index in [0.29, 0.717) is 17.7 Å². The van der Waals surface area contributed by atoms with Crippen molar-refractivity contribution < 1.29 is 13.5 Å². The summed E-state index contributed by atoms with van der Waals surface area (Å²) in [6.07, 6.45) is 3.25. The van der Waals surface area contributed by atoms with Gasteiger partial charge < -0.3 is 4.74 Å². The maximum Gasteiger partial charge on any atom is 0.126 e. The summed E-state index contributed by atoms with van der Waals surface area (Å²) in [4.78, 5) is 4.12. The van der Waals surface area contributed by atoms with Crippen molar-refractivity contribution in [3.05, 3.63) is 83.7 Å². The fraction of sp³-hybridized carbons (Fsp3) is 0.105. The van der Waals surface area contributed by atoms with Gasteiger partial charge in [-0.2, -0.15) is 0 Å². The lowest BCUT2D eigenvalue weighted by Gasteiger charge is -2.08. The monoisotopic (exact) mass is 311 g/mol. The van der Waals surface area contributed by atoms with Gasteiger partial charge in [0.15, 0.2) is 0 Å². The molecule has 2 nitrogen and oxygen atoms in total. The van der Waals surface area contributed by atoms with E-state index < -0.39 is 11.6 Å². The second-order valence-electron chi connectivity index (χ2n) is 5.34. The number of hydrogen-bond acceptors (Lipinski definition) is 2. The van der Waals surface area contributed by atoms with E-state index in [0.717, 1.165) is 22.9 Å². The molecule has 0 N–H and O–H groups in total. The van der Waals surface area contributed by atoms with Crippen LogP contribution in [0.4, 0.5) is 8.78 Å². The minimum Gasteiger partial charge on any atom is -0.489 e. The van der Waals surface area contributed by atoms with Crippen LogP contribution in [0.15, 0.2) is 60.9 Å². The molecule has 0 saturated carbocycles. The molecule has 0 amide bonds. The Morgan fingerprint density at radius 3 is 2.26 bits per heavy atom. The Balaban J connectivity index is 1.78. The highest BCUT2D eigenvalue weighted by molar-refractivity contribution is 5.63. The zero-order chi connectivity index (χ0) is 16.2. The maximum absolute atomic E-state index is 13.3. The van der Waals surface area contributed by atoms with E-state index in [2.05, 4.69) is 4.98 Å². The van der Waals surface area contributed by atoms with E-state index in [1.54, 1.807) is 12.4 Å². The smallest absolute Gasteiger partial charge is 0.126 e. The molecule has 0 aliphatic carbocycles. The average Bonchev–Trinajstić information content (AvgIpc) is 2.54. The summed E-state index contributed by atoms with van der Waals surface area (Å²) in [6.45, 7) is 2.34. The number of pyridine rings is 1. The molecule has 2 aromatic carbocycles. The second kappa shape index (κ2) is 6.57. The van der Waals surface area contributed by atoms with Gasteiger partial charge in [-0.05, 0) is 42.8 Å². The summed E-state index contributed by atoms with van der Waals surface area (Å²) in [7, 11) is 0. The van der Waals surface area contributed by atoms with Crippen molar-refractivity contribution in [1.82, 2.24) is 4.98 Å². The van der Waals surface area contributed by atoms with Crippen LogP contribution in [-0.4, -0.2) is 4.98 Å². The summed E-state index contributed by atoms with van der Waals surface area (Å²) in [5.41, 5.74) is 3.09. The molecule has 0 saturated heterocycles. The fourth-order valence-corrected chi connectivity index (χ4v) is 2.25. The molecule has 0 unspecified atom stereocenters. The van der Waals surface area contributed by atoms with Gasteiger partial charge in [-0.1, -0.05) is 17.7 Å². The normalized spacial score (nSPS) is 10.6. The topological polar surface area (TPSA) is 22.1 Å². The van der Waals surface area contributed by atoms with E-state index in [1.807, 2.05) is 37.3 Å². The number of halogens is 2. The zero-order valence-electron chi connectivity index (χ0n) is 12.6. The van der Waals surface area contributed by atoms with Crippen molar-refractivity contribution in [2.24, 2.45) is 0 Å². The Labute approximate surface area is 133 Å². The molecule has 116 valence electrons. The summed E-state index contributed by atoms with van der Waals surface area (Å²) in [5.74, 6) is -0.458. The molecule has 0 radical (unpaired) electrons. The molecule has 0 fully saturated rings. The first kappa shape index (κ1) is 15.2. The molecule has 23 heavy (non-hydrogen) atoms. The Bertz CT molecular complexity index is 796. The van der Waals surface area contributed by atoms with Crippen molar-refractivity contribution in [2.45, 2.75) is 13.5 Å². The molecule has 1 heterocycles. The third kappa shape index (κ3) is 3.92. The SMILES string of the molecule is Cc1ccc(OCc2cncc(-c3cc(F)cc(F)c3)c2)cc1. The van der Waals surface area contributed by atoms with Gasteiger partial charge in [-0.25, -0.2) is 8.78 Å². The van der Waals surface area contributed by atoms with E-state index in [-0.39, 0.29) is 0 Å². The molecule has 3 aromatic rings. The van der Waals surface area contributed by atoms with Crippen LogP contribution in [0.3, 0.4) is 0 Å². The van der Waals surface area contributed by atoms with Gasteiger partial charge >= 0.3 is 0 Å². The van der Waals surface area contributed by atoms with Crippen molar-refractivity contribution in [3.63, 3.8) is 0 Å². The predicted molar refractivity (Wildman–Crippen MR) is 85.1 cm³/mol. The van der Waals surface area contributed by atoms with Gasteiger partial charge in [-0.15, -0.1) is 0 Å². The number of aryl methyl sites for hydroxylation is 1. The zero-order valence-corrected chi connectivity index (χ0v) is 12.6. The minimum absolute atomic E-state index is 0.335. The molecule has 0 aliphatic rings. The van der Waals surface area contributed by atoms with Gasteiger partial charge in [0.1, 0.15) is 24.0 Å². The lowest BCUT2D eigenvalue weighted by atomic mass is 10.1. The molecule has 0 atom stereocenters. The summed E-state index contributed by atoms with van der Waals surface area (Å²) in [6, 6.07) is 13.0. The van der Waals surface area contributed by atoms with Crippen LogP contribution in [0.2, 0.25) is 0 Å². The summed E-state index contributed by atoms with van der Waals surface area (Å²) < 4.78 is 32.4. The Kier molecular flexibility index (Phi) is 4.33. The lowest BCUT2D eigenvalue weighted by Crippen LogP contribution is -1.97. The number of rotatable bonds is 4. The van der Waals surface area contributed by atoms with Gasteiger partial charge in [-0.3, -0.25) is 4.98 Å².